The number of amides is 1. The third-order valence-electron chi connectivity index (χ3n) is 4.97. The molecule has 0 radical (unpaired) electrons. The quantitative estimate of drug-likeness (QED) is 0.527. The Labute approximate surface area is 179 Å². The van der Waals surface area contributed by atoms with Crippen molar-refractivity contribution in [3.05, 3.63) is 47.2 Å². The molecule has 0 spiro atoms. The van der Waals surface area contributed by atoms with Crippen LogP contribution in [0.15, 0.2) is 36.5 Å². The van der Waals surface area contributed by atoms with Gasteiger partial charge in [0.2, 0.25) is 0 Å². The topological polar surface area (TPSA) is 55.3 Å². The molecule has 1 aromatic carbocycles. The van der Waals surface area contributed by atoms with E-state index < -0.39 is 5.60 Å². The van der Waals surface area contributed by atoms with E-state index in [-0.39, 0.29) is 6.09 Å². The molecule has 3 aromatic rings. The molecule has 0 bridgehead atoms. The van der Waals surface area contributed by atoms with Gasteiger partial charge in [-0.1, -0.05) is 23.7 Å². The second-order valence-electron chi connectivity index (χ2n) is 8.47. The second-order valence-corrected chi connectivity index (χ2v) is 9.99. The molecule has 1 fully saturated rings. The number of hydrogen-bond donors (Lipinski definition) is 0. The van der Waals surface area contributed by atoms with Crippen LogP contribution in [0.1, 0.15) is 32.9 Å². The van der Waals surface area contributed by atoms with Crippen molar-refractivity contribution in [2.45, 2.75) is 39.2 Å². The van der Waals surface area contributed by atoms with Crippen LogP contribution in [-0.4, -0.2) is 39.9 Å². The fourth-order valence-corrected chi connectivity index (χ4v) is 4.78. The van der Waals surface area contributed by atoms with Gasteiger partial charge in [-0.25, -0.2) is 4.79 Å². The van der Waals surface area contributed by atoms with Gasteiger partial charge in [0.25, 0.3) is 0 Å². The van der Waals surface area contributed by atoms with E-state index in [0.29, 0.717) is 12.5 Å². The maximum atomic E-state index is 12.3. The molecule has 1 aliphatic heterocycles. The van der Waals surface area contributed by atoms with Crippen molar-refractivity contribution in [1.82, 2.24) is 15.1 Å². The Morgan fingerprint density at radius 2 is 2.07 bits per heavy atom. The molecule has 3 heterocycles. The number of likely N-dealkylation sites (tertiary alicyclic amines) is 1. The zero-order valence-electron chi connectivity index (χ0n) is 16.8. The summed E-state index contributed by atoms with van der Waals surface area (Å²) in [4.78, 5) is 15.3. The smallest absolute Gasteiger partial charge is 0.410 e. The first-order valence-corrected chi connectivity index (χ1v) is 11.0. The maximum Gasteiger partial charge on any atom is 0.410 e. The van der Waals surface area contributed by atoms with Gasteiger partial charge in [0.15, 0.2) is 0 Å². The summed E-state index contributed by atoms with van der Waals surface area (Å²) in [6, 6.07) is 10.1. The molecule has 0 N–H and O–H groups in total. The Hall–Kier alpha value is -2.18. The Kier molecular flexibility index (Phi) is 5.49. The van der Waals surface area contributed by atoms with E-state index in [1.54, 1.807) is 16.2 Å². The highest BCUT2D eigenvalue weighted by atomic mass is 35.5. The number of fused-ring (bicyclic) bond motifs is 1. The molecule has 4 rings (SSSR count). The number of halogens is 1. The van der Waals surface area contributed by atoms with E-state index in [9.17, 15) is 4.79 Å². The number of carbonyl (C=O) groups excluding carboxylic acids is 1. The normalized spacial score (nSPS) is 17.1. The summed E-state index contributed by atoms with van der Waals surface area (Å²) in [5.74, 6) is 0.362. The van der Waals surface area contributed by atoms with Crippen LogP contribution in [0.4, 0.5) is 4.79 Å². The van der Waals surface area contributed by atoms with Gasteiger partial charge < -0.3 is 9.64 Å². The van der Waals surface area contributed by atoms with Gasteiger partial charge in [-0.15, -0.1) is 11.3 Å². The lowest BCUT2D eigenvalue weighted by Gasteiger charge is -2.24. The largest absolute Gasteiger partial charge is 0.444 e. The van der Waals surface area contributed by atoms with Gasteiger partial charge in [0, 0.05) is 28.4 Å². The lowest BCUT2D eigenvalue weighted by atomic mass is 10.0. The fraction of sp³-hybridized carbons (Fsp3) is 0.409. The molecule has 29 heavy (non-hydrogen) atoms. The number of ether oxygens (including phenoxy) is 1. The number of hydrogen-bond acceptors (Lipinski definition) is 5. The minimum Gasteiger partial charge on any atom is -0.444 e. The van der Waals surface area contributed by atoms with Crippen LogP contribution in [0.3, 0.4) is 0 Å². The van der Waals surface area contributed by atoms with Crippen LogP contribution >= 0.6 is 22.9 Å². The molecular weight excluding hydrogens is 406 g/mol. The van der Waals surface area contributed by atoms with Crippen LogP contribution in [0.5, 0.6) is 0 Å². The molecule has 0 saturated carbocycles. The van der Waals surface area contributed by atoms with E-state index in [0.717, 1.165) is 45.8 Å². The highest BCUT2D eigenvalue weighted by Crippen LogP contribution is 2.35. The Morgan fingerprint density at radius 1 is 1.31 bits per heavy atom. The highest BCUT2D eigenvalue weighted by molar-refractivity contribution is 7.22. The molecule has 1 atom stereocenters. The van der Waals surface area contributed by atoms with Gasteiger partial charge in [0.05, 0.1) is 16.6 Å². The lowest BCUT2D eigenvalue weighted by molar-refractivity contribution is 0.0288. The number of thiophene rings is 1. The summed E-state index contributed by atoms with van der Waals surface area (Å²) in [5, 5.41) is 10.5. The Morgan fingerprint density at radius 3 is 2.79 bits per heavy atom. The summed E-state index contributed by atoms with van der Waals surface area (Å²) in [7, 11) is 0. The van der Waals surface area contributed by atoms with E-state index in [1.807, 2.05) is 51.2 Å². The minimum absolute atomic E-state index is 0.232. The maximum absolute atomic E-state index is 12.3. The van der Waals surface area contributed by atoms with Gasteiger partial charge in [-0.2, -0.15) is 10.2 Å². The van der Waals surface area contributed by atoms with Crippen molar-refractivity contribution in [3.63, 3.8) is 0 Å². The fourth-order valence-electron chi connectivity index (χ4n) is 3.60. The van der Waals surface area contributed by atoms with Crippen molar-refractivity contribution in [3.8, 4) is 10.4 Å². The van der Waals surface area contributed by atoms with Crippen molar-refractivity contribution in [2.24, 2.45) is 5.92 Å². The van der Waals surface area contributed by atoms with Crippen molar-refractivity contribution in [1.29, 1.82) is 0 Å². The average Bonchev–Trinajstić information content (AvgIpc) is 3.28. The van der Waals surface area contributed by atoms with Crippen molar-refractivity contribution in [2.75, 3.05) is 13.1 Å². The third-order valence-corrected chi connectivity index (χ3v) is 6.34. The molecule has 1 aliphatic rings. The van der Waals surface area contributed by atoms with Gasteiger partial charge >= 0.3 is 6.09 Å². The van der Waals surface area contributed by atoms with E-state index in [4.69, 9.17) is 16.3 Å². The van der Waals surface area contributed by atoms with E-state index >= 15 is 0 Å². The van der Waals surface area contributed by atoms with Crippen LogP contribution < -0.4 is 0 Å². The van der Waals surface area contributed by atoms with Crippen LogP contribution in [0.25, 0.3) is 20.5 Å². The number of carbonyl (C=O) groups is 1. The van der Waals surface area contributed by atoms with Crippen molar-refractivity contribution < 1.29 is 9.53 Å². The van der Waals surface area contributed by atoms with E-state index in [1.165, 1.54) is 4.88 Å². The SMILES string of the molecule is CC(C)(C)OC(=O)N1CCC(Cc2nncc3sc(-c4ccc(Cl)cc4)cc23)C1. The molecule has 152 valence electrons. The van der Waals surface area contributed by atoms with E-state index in [2.05, 4.69) is 16.3 Å². The summed E-state index contributed by atoms with van der Waals surface area (Å²) in [6.07, 6.45) is 3.35. The highest BCUT2D eigenvalue weighted by Gasteiger charge is 2.30. The molecule has 1 saturated heterocycles. The molecular formula is C22H24ClN3O2S. The molecule has 1 unspecified atom stereocenters. The minimum atomic E-state index is -0.471. The van der Waals surface area contributed by atoms with Crippen LogP contribution in [-0.2, 0) is 11.2 Å². The summed E-state index contributed by atoms with van der Waals surface area (Å²) >= 11 is 7.72. The molecule has 0 aliphatic carbocycles. The zero-order valence-corrected chi connectivity index (χ0v) is 18.4. The predicted octanol–water partition coefficient (Wildman–Crippen LogP) is 5.81. The van der Waals surface area contributed by atoms with Crippen molar-refractivity contribution >= 4 is 39.1 Å². The second kappa shape index (κ2) is 7.92. The molecule has 5 nitrogen and oxygen atoms in total. The third kappa shape index (κ3) is 4.70. The number of nitrogens with zero attached hydrogens (tertiary/aromatic N) is 3. The van der Waals surface area contributed by atoms with Crippen LogP contribution in [0.2, 0.25) is 5.02 Å². The number of aromatic nitrogens is 2. The first-order valence-electron chi connectivity index (χ1n) is 9.76. The summed E-state index contributed by atoms with van der Waals surface area (Å²) < 4.78 is 6.63. The average molecular weight is 430 g/mol. The van der Waals surface area contributed by atoms with Gasteiger partial charge in [-0.3, -0.25) is 0 Å². The lowest BCUT2D eigenvalue weighted by Crippen LogP contribution is -2.35. The first-order chi connectivity index (χ1) is 13.8. The first kappa shape index (κ1) is 20.1. The van der Waals surface area contributed by atoms with Gasteiger partial charge in [-0.05, 0) is 63.3 Å². The monoisotopic (exact) mass is 429 g/mol. The number of rotatable bonds is 3. The molecule has 2 aromatic heterocycles. The van der Waals surface area contributed by atoms with Gasteiger partial charge in [0.1, 0.15) is 5.60 Å². The Bertz CT molecular complexity index is 1030. The molecule has 7 heteroatoms. The Balaban J connectivity index is 1.50. The van der Waals surface area contributed by atoms with Crippen LogP contribution in [0, 0.1) is 5.92 Å². The summed E-state index contributed by atoms with van der Waals surface area (Å²) in [6.45, 7) is 7.10. The number of benzene rings is 1. The molecule has 1 amide bonds. The zero-order chi connectivity index (χ0) is 20.6. The summed E-state index contributed by atoms with van der Waals surface area (Å²) in [5.41, 5.74) is 1.66. The predicted molar refractivity (Wildman–Crippen MR) is 117 cm³/mol. The standard InChI is InChI=1S/C22H24ClN3O2S/c1-22(2,3)28-21(27)26-9-8-14(13-26)10-18-17-11-19(29-20(17)12-24-25-18)15-4-6-16(23)7-5-15/h4-7,11-12,14H,8-10,13H2,1-3H3.